The van der Waals surface area contributed by atoms with Gasteiger partial charge in [0.2, 0.25) is 0 Å². The average Bonchev–Trinajstić information content (AvgIpc) is 3.62. The molecule has 1 aliphatic carbocycles. The zero-order valence-corrected chi connectivity index (χ0v) is 25.0. The number of aliphatic hydroxyl groups is 1. The topological polar surface area (TPSA) is 92.5 Å². The van der Waals surface area contributed by atoms with Gasteiger partial charge in [-0.2, -0.15) is 0 Å². The van der Waals surface area contributed by atoms with Gasteiger partial charge in [0.25, 0.3) is 5.91 Å². The summed E-state index contributed by atoms with van der Waals surface area (Å²) in [5, 5.41) is 15.1. The van der Waals surface area contributed by atoms with Gasteiger partial charge in [-0.05, 0) is 31.4 Å². The molecular weight excluding hydrogens is 555 g/mol. The van der Waals surface area contributed by atoms with Crippen LogP contribution in [0.1, 0.15) is 48.6 Å². The fourth-order valence-electron chi connectivity index (χ4n) is 6.27. The van der Waals surface area contributed by atoms with E-state index in [0.717, 1.165) is 65.6 Å². The number of methoxy groups -OCH3 is 1. The Balaban J connectivity index is 1.26. The number of aromatic nitrogens is 3. The molecule has 1 amide bonds. The first-order chi connectivity index (χ1) is 20.1. The monoisotopic (exact) mass is 591 g/mol. The normalized spacial score (nSPS) is 23.2. The van der Waals surface area contributed by atoms with Gasteiger partial charge < -0.3 is 24.6 Å². The number of thiazole rings is 1. The van der Waals surface area contributed by atoms with E-state index in [1.54, 1.807) is 36.5 Å². The lowest BCUT2D eigenvalue weighted by molar-refractivity contribution is -0.0893. The van der Waals surface area contributed by atoms with Gasteiger partial charge in [0, 0.05) is 44.1 Å². The largest absolute Gasteiger partial charge is 0.385 e. The molecule has 0 spiro atoms. The van der Waals surface area contributed by atoms with E-state index >= 15 is 0 Å². The van der Waals surface area contributed by atoms with Crippen molar-refractivity contribution in [2.45, 2.75) is 54.1 Å². The van der Waals surface area contributed by atoms with Crippen LogP contribution in [0, 0.1) is 0 Å². The summed E-state index contributed by atoms with van der Waals surface area (Å²) in [4.78, 5) is 25.8. The summed E-state index contributed by atoms with van der Waals surface area (Å²) >= 11 is 3.48. The zero-order valence-electron chi connectivity index (χ0n) is 23.4. The van der Waals surface area contributed by atoms with Crippen LogP contribution in [0.4, 0.5) is 0 Å². The molecule has 4 aromatic rings. The molecule has 0 bridgehead atoms. The van der Waals surface area contributed by atoms with Crippen molar-refractivity contribution in [2.24, 2.45) is 0 Å². The smallest absolute Gasteiger partial charge is 0.275 e. The Kier molecular flexibility index (Phi) is 8.73. The molecule has 1 saturated heterocycles. The van der Waals surface area contributed by atoms with E-state index in [1.165, 1.54) is 4.70 Å². The van der Waals surface area contributed by atoms with Crippen molar-refractivity contribution in [2.75, 3.05) is 39.1 Å². The maximum atomic E-state index is 14.3. The zero-order chi connectivity index (χ0) is 28.2. The number of amides is 1. The predicted octanol–water partition coefficient (Wildman–Crippen LogP) is 5.25. The highest BCUT2D eigenvalue weighted by atomic mass is 32.2. The first-order valence-electron chi connectivity index (χ1n) is 14.4. The number of hydrogen-bond donors (Lipinski definition) is 2. The average molecular weight is 592 g/mol. The molecule has 2 aromatic heterocycles. The van der Waals surface area contributed by atoms with Crippen LogP contribution in [0.3, 0.4) is 0 Å². The maximum Gasteiger partial charge on any atom is 0.275 e. The maximum absolute atomic E-state index is 14.3. The second kappa shape index (κ2) is 12.6. The molecule has 8 nitrogen and oxygen atoms in total. The van der Waals surface area contributed by atoms with Crippen molar-refractivity contribution in [3.05, 3.63) is 66.6 Å². The van der Waals surface area contributed by atoms with Crippen molar-refractivity contribution in [1.82, 2.24) is 24.8 Å². The van der Waals surface area contributed by atoms with E-state index in [-0.39, 0.29) is 24.6 Å². The predicted molar refractivity (Wildman–Crippen MR) is 165 cm³/mol. The molecule has 0 unspecified atom stereocenters. The van der Waals surface area contributed by atoms with Crippen molar-refractivity contribution in [3.8, 4) is 11.3 Å². The van der Waals surface area contributed by atoms with E-state index in [2.05, 4.69) is 11.4 Å². The molecule has 2 aliphatic rings. The van der Waals surface area contributed by atoms with Crippen LogP contribution in [0.5, 0.6) is 0 Å². The number of para-hydroxylation sites is 1. The number of thioether (sulfide) groups is 1. The summed E-state index contributed by atoms with van der Waals surface area (Å²) in [5.41, 5.74) is 2.19. The molecule has 3 atom stereocenters. The van der Waals surface area contributed by atoms with Gasteiger partial charge >= 0.3 is 0 Å². The quantitative estimate of drug-likeness (QED) is 0.257. The Morgan fingerprint density at radius 3 is 2.85 bits per heavy atom. The number of nitrogens with one attached hydrogen (secondary N) is 1. The van der Waals surface area contributed by atoms with Gasteiger partial charge in [-0.15, -0.1) is 11.3 Å². The van der Waals surface area contributed by atoms with Crippen molar-refractivity contribution >= 4 is 39.2 Å². The molecule has 41 heavy (non-hydrogen) atoms. The second-order valence-corrected chi connectivity index (χ2v) is 13.3. The molecule has 10 heteroatoms. The number of ether oxygens (including phenoxy) is 1. The SMILES string of the molecule is COC[C@]1(O)CCCC[C@H]1n1cnc(C(=O)N2CCNC[C@H]2CCSc2nc3ccccc3s2)c1-c1ccccc1. The van der Waals surface area contributed by atoms with Crippen LogP contribution in [-0.2, 0) is 4.74 Å². The van der Waals surface area contributed by atoms with Gasteiger partial charge in [-0.25, -0.2) is 9.97 Å². The van der Waals surface area contributed by atoms with Crippen molar-refractivity contribution < 1.29 is 14.6 Å². The number of nitrogens with zero attached hydrogens (tertiary/aromatic N) is 4. The second-order valence-electron chi connectivity index (χ2n) is 11.0. The minimum absolute atomic E-state index is 0.0508. The molecule has 2 N–H and O–H groups in total. The number of imidazole rings is 1. The standard InChI is InChI=1S/C31H37N5O3S2/c1-39-20-31(38)15-8-7-13-26(31)36-21-33-27(28(36)22-9-3-2-4-10-22)29(37)35-17-16-32-19-23(35)14-18-40-30-34-24-11-5-6-12-25(24)41-30/h2-6,9-12,21,23,26,32,38H,7-8,13-20H2,1H3/t23-,26-,31-/m1/s1. The summed E-state index contributed by atoms with van der Waals surface area (Å²) in [7, 11) is 1.63. The molecule has 0 radical (unpaired) electrons. The lowest BCUT2D eigenvalue weighted by Gasteiger charge is -2.41. The highest BCUT2D eigenvalue weighted by Crippen LogP contribution is 2.41. The lowest BCUT2D eigenvalue weighted by atomic mass is 9.80. The van der Waals surface area contributed by atoms with Gasteiger partial charge in [-0.1, -0.05) is 67.1 Å². The number of carbonyl (C=O) groups is 1. The number of benzene rings is 2. The van der Waals surface area contributed by atoms with Crippen LogP contribution in [0.15, 0.2) is 65.3 Å². The third-order valence-electron chi connectivity index (χ3n) is 8.29. The van der Waals surface area contributed by atoms with Gasteiger partial charge in [-0.3, -0.25) is 4.79 Å². The van der Waals surface area contributed by atoms with Gasteiger partial charge in [0.15, 0.2) is 10.0 Å². The fraction of sp³-hybridized carbons (Fsp3) is 0.452. The van der Waals surface area contributed by atoms with Crippen LogP contribution in [0.25, 0.3) is 21.5 Å². The first-order valence-corrected chi connectivity index (χ1v) is 16.2. The number of fused-ring (bicyclic) bond motifs is 1. The molecule has 216 valence electrons. The highest BCUT2D eigenvalue weighted by molar-refractivity contribution is 8.01. The third-order valence-corrected chi connectivity index (χ3v) is 10.5. The van der Waals surface area contributed by atoms with E-state index in [4.69, 9.17) is 14.7 Å². The Morgan fingerprint density at radius 2 is 2.02 bits per heavy atom. The Labute approximate surface area is 249 Å². The molecule has 2 aromatic carbocycles. The minimum atomic E-state index is -1.01. The fourth-order valence-corrected chi connectivity index (χ4v) is 8.45. The van der Waals surface area contributed by atoms with Crippen LogP contribution >= 0.6 is 23.1 Å². The molecule has 3 heterocycles. The van der Waals surface area contributed by atoms with Crippen molar-refractivity contribution in [3.63, 3.8) is 0 Å². The first kappa shape index (κ1) is 28.4. The third kappa shape index (κ3) is 5.94. The van der Waals surface area contributed by atoms with Crippen LogP contribution in [-0.4, -0.2) is 81.2 Å². The van der Waals surface area contributed by atoms with E-state index in [9.17, 15) is 9.90 Å². The van der Waals surface area contributed by atoms with Crippen molar-refractivity contribution in [1.29, 1.82) is 0 Å². The van der Waals surface area contributed by atoms with Crippen LogP contribution in [0.2, 0.25) is 0 Å². The summed E-state index contributed by atoms with van der Waals surface area (Å²) in [6.07, 6.45) is 6.05. The Morgan fingerprint density at radius 1 is 1.20 bits per heavy atom. The molecule has 1 saturated carbocycles. The summed E-state index contributed by atoms with van der Waals surface area (Å²) in [6, 6.07) is 18.0. The van der Waals surface area contributed by atoms with E-state index in [1.807, 2.05) is 58.0 Å². The molecule has 2 fully saturated rings. The van der Waals surface area contributed by atoms with E-state index < -0.39 is 5.60 Å². The summed E-state index contributed by atoms with van der Waals surface area (Å²) < 4.78 is 9.77. The Bertz CT molecular complexity index is 1440. The summed E-state index contributed by atoms with van der Waals surface area (Å²) in [6.45, 7) is 2.39. The number of carbonyl (C=O) groups excluding carboxylic acids is 1. The van der Waals surface area contributed by atoms with E-state index in [0.29, 0.717) is 18.7 Å². The molecule has 1 aliphatic heterocycles. The van der Waals surface area contributed by atoms with Crippen LogP contribution < -0.4 is 5.32 Å². The van der Waals surface area contributed by atoms with Gasteiger partial charge in [0.05, 0.1) is 34.9 Å². The number of piperazine rings is 1. The lowest BCUT2D eigenvalue weighted by Crippen LogP contribution is -2.54. The number of rotatable bonds is 9. The minimum Gasteiger partial charge on any atom is -0.385 e. The molecular formula is C31H37N5O3S2. The number of hydrogen-bond acceptors (Lipinski definition) is 8. The summed E-state index contributed by atoms with van der Waals surface area (Å²) in [5.74, 6) is 0.826. The Hall–Kier alpha value is -2.76. The highest BCUT2D eigenvalue weighted by Gasteiger charge is 2.42. The van der Waals surface area contributed by atoms with Gasteiger partial charge in [0.1, 0.15) is 5.60 Å². The molecule has 6 rings (SSSR count).